The van der Waals surface area contributed by atoms with Gasteiger partial charge in [0.1, 0.15) is 0 Å². The van der Waals surface area contributed by atoms with Crippen molar-refractivity contribution in [2.45, 2.75) is 65.4 Å². The van der Waals surface area contributed by atoms with Gasteiger partial charge in [-0.3, -0.25) is 4.79 Å². The van der Waals surface area contributed by atoms with Crippen LogP contribution in [0.15, 0.2) is 29.0 Å². The van der Waals surface area contributed by atoms with E-state index in [2.05, 4.69) is 32.6 Å². The Hall–Kier alpha value is -1.11. The zero-order chi connectivity index (χ0) is 18.2. The van der Waals surface area contributed by atoms with E-state index in [1.165, 1.54) is 30.4 Å². The molecule has 0 bridgehead atoms. The van der Waals surface area contributed by atoms with E-state index >= 15 is 0 Å². The molecule has 0 aromatic rings. The molecule has 26 heavy (non-hydrogen) atoms. The average Bonchev–Trinajstić information content (AvgIpc) is 3.25. The highest BCUT2D eigenvalue weighted by molar-refractivity contribution is 6.00. The van der Waals surface area contributed by atoms with Crippen molar-refractivity contribution >= 4 is 5.78 Å². The Labute approximate surface area is 157 Å². The van der Waals surface area contributed by atoms with Crippen LogP contribution in [0.25, 0.3) is 0 Å². The summed E-state index contributed by atoms with van der Waals surface area (Å²) in [6.07, 6.45) is 11.0. The zero-order valence-electron chi connectivity index (χ0n) is 16.4. The van der Waals surface area contributed by atoms with E-state index in [1.54, 1.807) is 0 Å². The Morgan fingerprint density at radius 3 is 2.77 bits per heavy atom. The second-order valence-electron chi connectivity index (χ2n) is 10.3. The molecule has 140 valence electrons. The highest BCUT2D eigenvalue weighted by Crippen LogP contribution is 2.67. The maximum Gasteiger partial charge on any atom is 0.164 e. The Morgan fingerprint density at radius 2 is 2.00 bits per heavy atom. The molecule has 2 nitrogen and oxygen atoms in total. The minimum absolute atomic E-state index is 0.101. The highest BCUT2D eigenvalue weighted by atomic mass is 16.3. The highest BCUT2D eigenvalue weighted by Gasteiger charge is 2.63. The summed E-state index contributed by atoms with van der Waals surface area (Å²) >= 11 is 0. The van der Waals surface area contributed by atoms with Gasteiger partial charge in [0, 0.05) is 5.92 Å². The summed E-state index contributed by atoms with van der Waals surface area (Å²) in [5.74, 6) is 4.16. The number of ketones is 1. The smallest absolute Gasteiger partial charge is 0.164 e. The summed E-state index contributed by atoms with van der Waals surface area (Å²) in [5, 5.41) is 10.6. The topological polar surface area (TPSA) is 37.3 Å². The predicted octanol–water partition coefficient (Wildman–Crippen LogP) is 4.69. The zero-order valence-corrected chi connectivity index (χ0v) is 16.4. The van der Waals surface area contributed by atoms with Crippen LogP contribution in [-0.2, 0) is 4.79 Å². The Morgan fingerprint density at radius 1 is 1.19 bits per heavy atom. The van der Waals surface area contributed by atoms with E-state index in [0.29, 0.717) is 29.5 Å². The lowest BCUT2D eigenvalue weighted by Crippen LogP contribution is -2.48. The van der Waals surface area contributed by atoms with Gasteiger partial charge in [-0.25, -0.2) is 0 Å². The van der Waals surface area contributed by atoms with Crippen molar-refractivity contribution in [3.05, 3.63) is 29.0 Å². The molecule has 0 saturated heterocycles. The number of allylic oxidation sites excluding steroid dienone is 2. The van der Waals surface area contributed by atoms with Crippen LogP contribution >= 0.6 is 0 Å². The largest absolute Gasteiger partial charge is 0.393 e. The summed E-state index contributed by atoms with van der Waals surface area (Å²) in [6, 6.07) is 0. The molecule has 0 heterocycles. The molecule has 0 amide bonds. The molecule has 0 radical (unpaired) electrons. The van der Waals surface area contributed by atoms with Gasteiger partial charge in [-0.05, 0) is 91.3 Å². The van der Waals surface area contributed by atoms with Crippen molar-refractivity contribution in [1.82, 2.24) is 0 Å². The summed E-state index contributed by atoms with van der Waals surface area (Å²) in [5.41, 5.74) is 6.40. The fraction of sp³-hybridized carbons (Fsp3) is 0.750. The third-order valence-corrected chi connectivity index (χ3v) is 8.65. The van der Waals surface area contributed by atoms with Gasteiger partial charge in [0.25, 0.3) is 0 Å². The fourth-order valence-corrected chi connectivity index (χ4v) is 7.33. The van der Waals surface area contributed by atoms with Crippen molar-refractivity contribution in [2.75, 3.05) is 0 Å². The standard InChI is InChI=1S/C24H32O2/c1-13(2)4-6-17-22-19(25)12-14-5-7-15-16(21(14)23(17)22)10-11-24(3)18(15)8-9-20(24)26/h4,12-13,15-16,18,20-23,26H,5,7-11H2,1-3H3/t6?,15-,16+,18+,20-,21+,22?,23?,24+/m1/s1. The third kappa shape index (κ3) is 2.25. The number of carbonyl (C=O) groups excluding carboxylic acids is 1. The molecule has 0 aromatic heterocycles. The van der Waals surface area contributed by atoms with Gasteiger partial charge in [-0.2, -0.15) is 0 Å². The number of carbonyl (C=O) groups is 1. The van der Waals surface area contributed by atoms with Gasteiger partial charge < -0.3 is 5.11 Å². The monoisotopic (exact) mass is 352 g/mol. The number of aliphatic hydroxyl groups is 1. The van der Waals surface area contributed by atoms with Crippen LogP contribution in [0.3, 0.4) is 0 Å². The van der Waals surface area contributed by atoms with E-state index < -0.39 is 0 Å². The van der Waals surface area contributed by atoms with Gasteiger partial charge in [-0.1, -0.05) is 26.3 Å². The molecule has 4 saturated carbocycles. The van der Waals surface area contributed by atoms with E-state index in [-0.39, 0.29) is 17.4 Å². The van der Waals surface area contributed by atoms with Crippen molar-refractivity contribution in [3.8, 4) is 0 Å². The van der Waals surface area contributed by atoms with E-state index in [4.69, 9.17) is 0 Å². The second-order valence-corrected chi connectivity index (χ2v) is 10.3. The molecule has 2 heteroatoms. The minimum Gasteiger partial charge on any atom is -0.393 e. The first kappa shape index (κ1) is 17.0. The summed E-state index contributed by atoms with van der Waals surface area (Å²) in [4.78, 5) is 12.6. The van der Waals surface area contributed by atoms with Gasteiger partial charge in [0.2, 0.25) is 0 Å². The van der Waals surface area contributed by atoms with Crippen molar-refractivity contribution in [2.24, 2.45) is 46.8 Å². The van der Waals surface area contributed by atoms with Crippen LogP contribution in [0.1, 0.15) is 59.3 Å². The molecule has 5 rings (SSSR count). The number of rotatable bonds is 1. The predicted molar refractivity (Wildman–Crippen MR) is 102 cm³/mol. The van der Waals surface area contributed by atoms with Crippen LogP contribution in [-0.4, -0.2) is 17.0 Å². The van der Waals surface area contributed by atoms with Crippen molar-refractivity contribution < 1.29 is 9.90 Å². The molecule has 4 fully saturated rings. The molecular weight excluding hydrogens is 320 g/mol. The average molecular weight is 353 g/mol. The van der Waals surface area contributed by atoms with Crippen molar-refractivity contribution in [1.29, 1.82) is 0 Å². The minimum atomic E-state index is -0.101. The van der Waals surface area contributed by atoms with Crippen LogP contribution in [0, 0.1) is 46.8 Å². The first-order valence-electron chi connectivity index (χ1n) is 10.8. The quantitative estimate of drug-likeness (QED) is 0.695. The second kappa shape index (κ2) is 5.69. The molecule has 0 aliphatic heterocycles. The normalized spacial score (nSPS) is 48.8. The molecule has 5 aliphatic carbocycles. The van der Waals surface area contributed by atoms with Gasteiger partial charge in [0.05, 0.1) is 12.0 Å². The molecule has 1 N–H and O–H groups in total. The van der Waals surface area contributed by atoms with Crippen LogP contribution in [0.5, 0.6) is 0 Å². The van der Waals surface area contributed by atoms with Gasteiger partial charge in [0.15, 0.2) is 5.78 Å². The van der Waals surface area contributed by atoms with E-state index in [9.17, 15) is 9.90 Å². The molecule has 2 unspecified atom stereocenters. The first-order chi connectivity index (χ1) is 12.4. The summed E-state index contributed by atoms with van der Waals surface area (Å²) in [6.45, 7) is 6.70. The van der Waals surface area contributed by atoms with Crippen molar-refractivity contribution in [3.63, 3.8) is 0 Å². The third-order valence-electron chi connectivity index (χ3n) is 8.65. The Bertz CT molecular complexity index is 737. The Kier molecular flexibility index (Phi) is 3.73. The Balaban J connectivity index is 1.48. The molecular formula is C24H32O2. The van der Waals surface area contributed by atoms with E-state index in [1.807, 2.05) is 6.08 Å². The maximum atomic E-state index is 12.6. The first-order valence-corrected chi connectivity index (χ1v) is 10.8. The van der Waals surface area contributed by atoms with Crippen LogP contribution in [0.2, 0.25) is 0 Å². The molecule has 5 aliphatic rings. The molecule has 0 aromatic carbocycles. The fourth-order valence-electron chi connectivity index (χ4n) is 7.33. The van der Waals surface area contributed by atoms with Gasteiger partial charge in [-0.15, -0.1) is 5.73 Å². The summed E-state index contributed by atoms with van der Waals surface area (Å²) in [7, 11) is 0. The number of hydrogen-bond donors (Lipinski definition) is 1. The van der Waals surface area contributed by atoms with E-state index in [0.717, 1.165) is 31.1 Å². The molecule has 8 atom stereocenters. The van der Waals surface area contributed by atoms with Crippen LogP contribution in [0.4, 0.5) is 0 Å². The summed E-state index contributed by atoms with van der Waals surface area (Å²) < 4.78 is 0. The van der Waals surface area contributed by atoms with Gasteiger partial charge >= 0.3 is 0 Å². The lowest BCUT2D eigenvalue weighted by molar-refractivity contribution is -0.117. The van der Waals surface area contributed by atoms with Crippen LogP contribution < -0.4 is 0 Å². The lowest BCUT2D eigenvalue weighted by Gasteiger charge is -2.53. The number of fused-ring (bicyclic) bond motifs is 7. The number of aliphatic hydroxyl groups excluding tert-OH is 1. The maximum absolute atomic E-state index is 12.6. The molecule has 0 spiro atoms. The lowest BCUT2D eigenvalue weighted by atomic mass is 9.52. The number of hydrogen-bond acceptors (Lipinski definition) is 2. The SMILES string of the molecule is CC(C)C=C=C1C2C(=O)C=C3CC[C@@H]4[C@H](CC[C@]5(C)[C@H](O)CC[C@@H]45)[C@H]3C12.